The first-order valence-electron chi connectivity index (χ1n) is 11.4. The molecule has 0 bridgehead atoms. The van der Waals surface area contributed by atoms with E-state index in [-0.39, 0.29) is 24.9 Å². The highest BCUT2D eigenvalue weighted by atomic mass is 35.5. The van der Waals surface area contributed by atoms with Crippen molar-refractivity contribution in [2.24, 2.45) is 0 Å². The molecule has 2 aromatic carbocycles. The third-order valence-corrected chi connectivity index (χ3v) is 6.49. The summed E-state index contributed by atoms with van der Waals surface area (Å²) < 4.78 is 24.9. The number of hydrogen-bond acceptors (Lipinski definition) is 5. The number of ketones is 1. The van der Waals surface area contributed by atoms with Crippen molar-refractivity contribution >= 4 is 23.4 Å². The highest BCUT2D eigenvalue weighted by Crippen LogP contribution is 2.45. The van der Waals surface area contributed by atoms with Crippen molar-refractivity contribution in [1.82, 2.24) is 5.32 Å². The predicted octanol–water partition coefficient (Wildman–Crippen LogP) is 5.42. The van der Waals surface area contributed by atoms with Gasteiger partial charge in [0.25, 0.3) is 0 Å². The van der Waals surface area contributed by atoms with Crippen LogP contribution in [0.1, 0.15) is 49.7 Å². The Morgan fingerprint density at radius 3 is 2.59 bits per heavy atom. The van der Waals surface area contributed by atoms with Gasteiger partial charge in [0, 0.05) is 40.9 Å². The molecule has 0 unspecified atom stereocenters. The van der Waals surface area contributed by atoms with E-state index in [0.29, 0.717) is 46.9 Å². The molecule has 4 rings (SSSR count). The SMILES string of the molecule is CCOCCOC(=O)C1=C(C)NC2=C(C(=O)C[C@H](c3ccc(Cl)cc3)C2)[C@@H]1c1cccc(F)c1. The van der Waals surface area contributed by atoms with Crippen molar-refractivity contribution in [2.75, 3.05) is 19.8 Å². The van der Waals surface area contributed by atoms with Crippen LogP contribution in [0.15, 0.2) is 71.1 Å². The maximum atomic E-state index is 14.2. The van der Waals surface area contributed by atoms with E-state index in [4.69, 9.17) is 21.1 Å². The average molecular weight is 484 g/mol. The van der Waals surface area contributed by atoms with E-state index in [0.717, 1.165) is 11.3 Å². The standard InChI is InChI=1S/C27H27ClFNO4/c1-3-33-11-12-34-27(32)24-16(2)30-22-14-19(17-7-9-20(28)10-8-17)15-23(31)26(22)25(24)18-5-4-6-21(29)13-18/h4-10,13,19,25,30H,3,11-12,14-15H2,1-2H3/t19-,25-/m1/s1. The lowest BCUT2D eigenvalue weighted by atomic mass is 9.71. The van der Waals surface area contributed by atoms with Gasteiger partial charge in [-0.15, -0.1) is 0 Å². The zero-order chi connectivity index (χ0) is 24.2. The van der Waals surface area contributed by atoms with Gasteiger partial charge in [-0.05, 0) is 61.6 Å². The second-order valence-electron chi connectivity index (χ2n) is 8.46. The first-order valence-corrected chi connectivity index (χ1v) is 11.8. The fourth-order valence-corrected chi connectivity index (χ4v) is 4.84. The molecule has 1 heterocycles. The summed E-state index contributed by atoms with van der Waals surface area (Å²) in [6, 6.07) is 13.5. The number of carbonyl (C=O) groups excluding carboxylic acids is 2. The van der Waals surface area contributed by atoms with Gasteiger partial charge in [0.2, 0.25) is 0 Å². The molecule has 2 aromatic rings. The van der Waals surface area contributed by atoms with E-state index in [9.17, 15) is 14.0 Å². The summed E-state index contributed by atoms with van der Waals surface area (Å²) in [6.45, 7) is 4.54. The zero-order valence-corrected chi connectivity index (χ0v) is 20.0. The molecular weight excluding hydrogens is 457 g/mol. The Labute approximate surface area is 203 Å². The Hall–Kier alpha value is -2.96. The summed E-state index contributed by atoms with van der Waals surface area (Å²) in [4.78, 5) is 26.6. The molecule has 0 saturated heterocycles. The van der Waals surface area contributed by atoms with E-state index < -0.39 is 17.7 Å². The van der Waals surface area contributed by atoms with Gasteiger partial charge in [0.1, 0.15) is 12.4 Å². The van der Waals surface area contributed by atoms with Gasteiger partial charge < -0.3 is 14.8 Å². The fraction of sp³-hybridized carbons (Fsp3) is 0.333. The number of esters is 1. The number of hydrogen-bond donors (Lipinski definition) is 1. The molecule has 178 valence electrons. The number of halogens is 2. The fourth-order valence-electron chi connectivity index (χ4n) is 4.72. The zero-order valence-electron chi connectivity index (χ0n) is 19.2. The van der Waals surface area contributed by atoms with Gasteiger partial charge in [-0.1, -0.05) is 35.9 Å². The Morgan fingerprint density at radius 1 is 1.12 bits per heavy atom. The minimum absolute atomic E-state index is 0.0170. The lowest BCUT2D eigenvalue weighted by molar-refractivity contribution is -0.140. The van der Waals surface area contributed by atoms with Gasteiger partial charge in [-0.25, -0.2) is 9.18 Å². The summed E-state index contributed by atoms with van der Waals surface area (Å²) in [5, 5.41) is 3.93. The maximum absolute atomic E-state index is 14.2. The van der Waals surface area contributed by atoms with Crippen molar-refractivity contribution < 1.29 is 23.5 Å². The molecule has 1 aliphatic heterocycles. The first-order chi connectivity index (χ1) is 16.4. The Kier molecular flexibility index (Phi) is 7.49. The molecule has 0 radical (unpaired) electrons. The summed E-state index contributed by atoms with van der Waals surface area (Å²) in [5.74, 6) is -1.77. The number of nitrogens with one attached hydrogen (secondary N) is 1. The van der Waals surface area contributed by atoms with E-state index in [1.165, 1.54) is 12.1 Å². The summed E-state index contributed by atoms with van der Waals surface area (Å²) in [6.07, 6.45) is 0.887. The molecule has 0 aromatic heterocycles. The minimum atomic E-state index is -0.704. The number of Topliss-reactive ketones (excluding diaryl/α,β-unsaturated/α-hetero) is 1. The maximum Gasteiger partial charge on any atom is 0.336 e. The van der Waals surface area contributed by atoms with Crippen molar-refractivity contribution in [2.45, 2.75) is 38.5 Å². The first kappa shape index (κ1) is 24.2. The van der Waals surface area contributed by atoms with E-state index in [2.05, 4.69) is 5.32 Å². The number of benzene rings is 2. The number of ether oxygens (including phenoxy) is 2. The van der Waals surface area contributed by atoms with Crippen LogP contribution in [-0.2, 0) is 19.1 Å². The monoisotopic (exact) mass is 483 g/mol. The summed E-state index contributed by atoms with van der Waals surface area (Å²) >= 11 is 6.03. The van der Waals surface area contributed by atoms with Crippen LogP contribution < -0.4 is 5.32 Å². The van der Waals surface area contributed by atoms with Gasteiger partial charge in [-0.2, -0.15) is 0 Å². The number of rotatable bonds is 7. The third kappa shape index (κ3) is 5.08. The normalized spacial score (nSPS) is 20.2. The van der Waals surface area contributed by atoms with E-state index in [1.54, 1.807) is 19.1 Å². The third-order valence-electron chi connectivity index (χ3n) is 6.24. The highest BCUT2D eigenvalue weighted by Gasteiger charge is 2.41. The van der Waals surface area contributed by atoms with Crippen LogP contribution in [0.3, 0.4) is 0 Å². The second-order valence-corrected chi connectivity index (χ2v) is 8.89. The van der Waals surface area contributed by atoms with Crippen LogP contribution in [0.2, 0.25) is 5.02 Å². The highest BCUT2D eigenvalue weighted by molar-refractivity contribution is 6.30. The van der Waals surface area contributed by atoms with Gasteiger partial charge in [0.05, 0.1) is 12.2 Å². The molecule has 0 fully saturated rings. The number of dihydropyridines is 1. The minimum Gasteiger partial charge on any atom is -0.460 e. The van der Waals surface area contributed by atoms with Crippen LogP contribution in [0, 0.1) is 5.82 Å². The van der Waals surface area contributed by atoms with Crippen molar-refractivity contribution in [3.05, 3.63) is 93.0 Å². The molecule has 0 spiro atoms. The smallest absolute Gasteiger partial charge is 0.336 e. The van der Waals surface area contributed by atoms with Gasteiger partial charge in [-0.3, -0.25) is 4.79 Å². The second kappa shape index (κ2) is 10.5. The van der Waals surface area contributed by atoms with E-state index >= 15 is 0 Å². The van der Waals surface area contributed by atoms with Crippen LogP contribution in [-0.4, -0.2) is 31.6 Å². The molecule has 1 aliphatic carbocycles. The molecule has 1 N–H and O–H groups in total. The Morgan fingerprint density at radius 2 is 1.88 bits per heavy atom. The van der Waals surface area contributed by atoms with Crippen LogP contribution in [0.25, 0.3) is 0 Å². The topological polar surface area (TPSA) is 64.6 Å². The molecule has 0 saturated carbocycles. The number of allylic oxidation sites excluding steroid dienone is 3. The number of carbonyl (C=O) groups is 2. The predicted molar refractivity (Wildman–Crippen MR) is 128 cm³/mol. The Balaban J connectivity index is 1.71. The van der Waals surface area contributed by atoms with Crippen molar-refractivity contribution in [1.29, 1.82) is 0 Å². The van der Waals surface area contributed by atoms with Gasteiger partial charge >= 0.3 is 5.97 Å². The van der Waals surface area contributed by atoms with Crippen molar-refractivity contribution in [3.63, 3.8) is 0 Å². The summed E-state index contributed by atoms with van der Waals surface area (Å²) in [5.41, 5.74) is 3.74. The lowest BCUT2D eigenvalue weighted by Crippen LogP contribution is -2.36. The van der Waals surface area contributed by atoms with Gasteiger partial charge in [0.15, 0.2) is 5.78 Å². The van der Waals surface area contributed by atoms with Crippen LogP contribution >= 0.6 is 11.6 Å². The quantitative estimate of drug-likeness (QED) is 0.421. The molecular formula is C27H27ClFNO4. The van der Waals surface area contributed by atoms with E-state index in [1.807, 2.05) is 31.2 Å². The molecule has 7 heteroatoms. The van der Waals surface area contributed by atoms with Crippen LogP contribution in [0.4, 0.5) is 4.39 Å². The van der Waals surface area contributed by atoms with Crippen molar-refractivity contribution in [3.8, 4) is 0 Å². The van der Waals surface area contributed by atoms with Crippen LogP contribution in [0.5, 0.6) is 0 Å². The molecule has 34 heavy (non-hydrogen) atoms. The molecule has 2 aliphatic rings. The Bertz CT molecular complexity index is 1160. The molecule has 0 amide bonds. The largest absolute Gasteiger partial charge is 0.460 e. The molecule has 5 nitrogen and oxygen atoms in total. The lowest BCUT2D eigenvalue weighted by Gasteiger charge is -2.36. The molecule has 2 atom stereocenters. The average Bonchev–Trinajstić information content (AvgIpc) is 2.81. The summed E-state index contributed by atoms with van der Waals surface area (Å²) in [7, 11) is 0.